The normalized spacial score (nSPS) is 34.8. The summed E-state index contributed by atoms with van der Waals surface area (Å²) in [6.45, 7) is 7.77. The summed E-state index contributed by atoms with van der Waals surface area (Å²) in [5.74, 6) is -0.0321. The molecule has 2 N–H and O–H groups in total. The highest BCUT2D eigenvalue weighted by molar-refractivity contribution is 5.66. The lowest BCUT2D eigenvalue weighted by Gasteiger charge is -2.42. The van der Waals surface area contributed by atoms with Crippen molar-refractivity contribution >= 4 is 5.97 Å². The van der Waals surface area contributed by atoms with Crippen LogP contribution in [0.5, 0.6) is 0 Å². The van der Waals surface area contributed by atoms with Gasteiger partial charge in [-0.05, 0) is 75.0 Å². The van der Waals surface area contributed by atoms with E-state index in [0.717, 1.165) is 55.2 Å². The standard InChI is InChI=1S/C25H36O4/c1-17-6-5-12-24(3)23(11-13-25(24,4)28)22-10-8-19(14-20(22)16-26)15-21(9-7-17)29-18(2)27/h6,8,10,14,21,23,26,28H,5,7,9,11-13,15-16H2,1-4H3/b17-6-/t21-,23-,24-,25-/m0/s1. The van der Waals surface area contributed by atoms with Gasteiger partial charge in [0.1, 0.15) is 6.10 Å². The largest absolute Gasteiger partial charge is 0.462 e. The van der Waals surface area contributed by atoms with Crippen molar-refractivity contribution in [1.29, 1.82) is 0 Å². The number of aliphatic hydroxyl groups is 2. The van der Waals surface area contributed by atoms with Crippen LogP contribution >= 0.6 is 0 Å². The third kappa shape index (κ3) is 4.59. The fourth-order valence-electron chi connectivity index (χ4n) is 5.42. The first-order valence-corrected chi connectivity index (χ1v) is 10.9. The summed E-state index contributed by atoms with van der Waals surface area (Å²) < 4.78 is 5.58. The molecule has 1 fully saturated rings. The van der Waals surface area contributed by atoms with Gasteiger partial charge in [0.15, 0.2) is 0 Å². The molecule has 0 saturated heterocycles. The molecule has 1 saturated carbocycles. The molecule has 0 unspecified atom stereocenters. The smallest absolute Gasteiger partial charge is 0.302 e. The SMILES string of the molecule is CC(=O)O[C@H]1CC/C(C)=C\CC[C@@]2(C)[C@@H](CC[C@]2(C)O)c2ccc(cc2CO)C1. The van der Waals surface area contributed by atoms with E-state index in [1.54, 1.807) is 0 Å². The van der Waals surface area contributed by atoms with Crippen molar-refractivity contribution in [3.05, 3.63) is 46.5 Å². The molecule has 2 bridgehead atoms. The maximum atomic E-state index is 11.6. The fourth-order valence-corrected chi connectivity index (χ4v) is 5.42. The molecule has 1 aromatic carbocycles. The lowest BCUT2D eigenvalue weighted by atomic mass is 9.66. The van der Waals surface area contributed by atoms with Crippen LogP contribution < -0.4 is 0 Å². The van der Waals surface area contributed by atoms with Crippen LogP contribution in [0, 0.1) is 5.41 Å². The van der Waals surface area contributed by atoms with Crippen molar-refractivity contribution in [3.63, 3.8) is 0 Å². The monoisotopic (exact) mass is 400 g/mol. The second-order valence-corrected chi connectivity index (χ2v) is 9.54. The first-order valence-electron chi connectivity index (χ1n) is 10.9. The zero-order chi connectivity index (χ0) is 21.2. The van der Waals surface area contributed by atoms with Gasteiger partial charge in [0, 0.05) is 18.8 Å². The third-order valence-electron chi connectivity index (χ3n) is 7.49. The molecule has 0 aromatic heterocycles. The molecule has 3 aliphatic carbocycles. The predicted octanol–water partition coefficient (Wildman–Crippen LogP) is 4.81. The number of hydrogen-bond donors (Lipinski definition) is 2. The van der Waals surface area contributed by atoms with Crippen molar-refractivity contribution in [1.82, 2.24) is 0 Å². The zero-order valence-corrected chi connectivity index (χ0v) is 18.3. The Kier molecular flexibility index (Phi) is 6.54. The van der Waals surface area contributed by atoms with Gasteiger partial charge in [0.25, 0.3) is 0 Å². The summed E-state index contributed by atoms with van der Waals surface area (Å²) in [7, 11) is 0. The summed E-state index contributed by atoms with van der Waals surface area (Å²) >= 11 is 0. The molecular formula is C25H36O4. The molecule has 0 radical (unpaired) electrons. The van der Waals surface area contributed by atoms with Gasteiger partial charge in [-0.25, -0.2) is 0 Å². The van der Waals surface area contributed by atoms with Crippen molar-refractivity contribution in [2.45, 2.75) is 96.9 Å². The molecule has 0 amide bonds. The van der Waals surface area contributed by atoms with E-state index in [1.807, 2.05) is 6.92 Å². The number of esters is 1. The Morgan fingerprint density at radius 2 is 2.00 bits per heavy atom. The third-order valence-corrected chi connectivity index (χ3v) is 7.49. The highest BCUT2D eigenvalue weighted by Gasteiger charge is 2.53. The molecule has 29 heavy (non-hydrogen) atoms. The summed E-state index contributed by atoms with van der Waals surface area (Å²) in [6.07, 6.45) is 7.97. The van der Waals surface area contributed by atoms with Gasteiger partial charge in [-0.2, -0.15) is 0 Å². The minimum absolute atomic E-state index is 0.0187. The van der Waals surface area contributed by atoms with Crippen LogP contribution in [0.15, 0.2) is 29.8 Å². The number of carbonyl (C=O) groups is 1. The second-order valence-electron chi connectivity index (χ2n) is 9.54. The lowest BCUT2D eigenvalue weighted by molar-refractivity contribution is -0.146. The Bertz CT molecular complexity index is 779. The quantitative estimate of drug-likeness (QED) is 0.552. The van der Waals surface area contributed by atoms with Gasteiger partial charge >= 0.3 is 5.97 Å². The van der Waals surface area contributed by atoms with Crippen molar-refractivity contribution in [2.75, 3.05) is 0 Å². The first kappa shape index (κ1) is 22.0. The number of fused-ring (bicyclic) bond motifs is 8. The second kappa shape index (κ2) is 8.61. The van der Waals surface area contributed by atoms with E-state index in [0.29, 0.717) is 6.42 Å². The number of allylic oxidation sites excluding steroid dienone is 2. The summed E-state index contributed by atoms with van der Waals surface area (Å²) in [5, 5.41) is 21.3. The predicted molar refractivity (Wildman–Crippen MR) is 115 cm³/mol. The Morgan fingerprint density at radius 1 is 1.24 bits per heavy atom. The number of hydrogen-bond acceptors (Lipinski definition) is 4. The van der Waals surface area contributed by atoms with E-state index in [4.69, 9.17) is 4.74 Å². The van der Waals surface area contributed by atoms with E-state index < -0.39 is 5.60 Å². The van der Waals surface area contributed by atoms with E-state index in [9.17, 15) is 15.0 Å². The van der Waals surface area contributed by atoms with Crippen LogP contribution in [0.3, 0.4) is 0 Å². The van der Waals surface area contributed by atoms with Crippen LogP contribution in [0.2, 0.25) is 0 Å². The highest BCUT2D eigenvalue weighted by Crippen LogP contribution is 2.58. The van der Waals surface area contributed by atoms with E-state index in [-0.39, 0.29) is 30.0 Å². The highest BCUT2D eigenvalue weighted by atomic mass is 16.5. The molecule has 0 spiro atoms. The van der Waals surface area contributed by atoms with Gasteiger partial charge in [0.2, 0.25) is 0 Å². The van der Waals surface area contributed by atoms with Crippen LogP contribution in [-0.4, -0.2) is 27.9 Å². The molecule has 4 rings (SSSR count). The van der Waals surface area contributed by atoms with Crippen LogP contribution in [-0.2, 0) is 22.6 Å². The Labute approximate surface area is 175 Å². The number of ether oxygens (including phenoxy) is 1. The van der Waals surface area contributed by atoms with E-state index in [1.165, 1.54) is 12.5 Å². The molecular weight excluding hydrogens is 364 g/mol. The first-order chi connectivity index (χ1) is 13.7. The fraction of sp³-hybridized carbons (Fsp3) is 0.640. The van der Waals surface area contributed by atoms with Gasteiger partial charge in [-0.3, -0.25) is 4.79 Å². The lowest BCUT2D eigenvalue weighted by Crippen LogP contribution is -2.42. The Hall–Kier alpha value is -1.65. The summed E-state index contributed by atoms with van der Waals surface area (Å²) in [4.78, 5) is 11.6. The van der Waals surface area contributed by atoms with E-state index in [2.05, 4.69) is 38.1 Å². The van der Waals surface area contributed by atoms with Gasteiger partial charge in [0.05, 0.1) is 12.2 Å². The Balaban J connectivity index is 2.03. The van der Waals surface area contributed by atoms with Crippen LogP contribution in [0.1, 0.15) is 88.8 Å². The van der Waals surface area contributed by atoms with Crippen LogP contribution in [0.4, 0.5) is 0 Å². The van der Waals surface area contributed by atoms with Crippen molar-refractivity contribution in [3.8, 4) is 0 Å². The molecule has 4 nitrogen and oxygen atoms in total. The number of aliphatic hydroxyl groups excluding tert-OH is 1. The Morgan fingerprint density at radius 3 is 2.69 bits per heavy atom. The van der Waals surface area contributed by atoms with Crippen LogP contribution in [0.25, 0.3) is 0 Å². The molecule has 160 valence electrons. The van der Waals surface area contributed by atoms with Crippen molar-refractivity contribution < 1.29 is 19.7 Å². The summed E-state index contributed by atoms with van der Waals surface area (Å²) in [5.41, 5.74) is 3.51. The molecule has 0 aliphatic heterocycles. The van der Waals surface area contributed by atoms with Gasteiger partial charge < -0.3 is 14.9 Å². The maximum Gasteiger partial charge on any atom is 0.302 e. The van der Waals surface area contributed by atoms with Gasteiger partial charge in [-0.1, -0.05) is 36.8 Å². The zero-order valence-electron chi connectivity index (χ0n) is 18.3. The number of rotatable bonds is 2. The van der Waals surface area contributed by atoms with Crippen molar-refractivity contribution in [2.24, 2.45) is 5.41 Å². The number of benzene rings is 1. The average Bonchev–Trinajstić information content (AvgIpc) is 2.88. The molecule has 1 aromatic rings. The summed E-state index contributed by atoms with van der Waals surface area (Å²) in [6, 6.07) is 6.30. The average molecular weight is 401 g/mol. The van der Waals surface area contributed by atoms with E-state index >= 15 is 0 Å². The molecule has 3 aliphatic rings. The topological polar surface area (TPSA) is 66.8 Å². The molecule has 4 atom stereocenters. The molecule has 0 heterocycles. The molecule has 4 heteroatoms. The minimum atomic E-state index is -0.720. The minimum Gasteiger partial charge on any atom is -0.462 e. The van der Waals surface area contributed by atoms with Gasteiger partial charge in [-0.15, -0.1) is 0 Å². The maximum absolute atomic E-state index is 11.6. The number of carbonyl (C=O) groups excluding carboxylic acids is 1.